The molecule has 0 bridgehead atoms. The van der Waals surface area contributed by atoms with Crippen LogP contribution in [0.5, 0.6) is 0 Å². The van der Waals surface area contributed by atoms with Gasteiger partial charge in [-0.2, -0.15) is 0 Å². The maximum Gasteiger partial charge on any atom is 0.410 e. The molecule has 236 valence electrons. The first kappa shape index (κ1) is 32.7. The Hall–Kier alpha value is -4.22. The second kappa shape index (κ2) is 12.0. The van der Waals surface area contributed by atoms with Crippen LogP contribution in [-0.4, -0.2) is 82.1 Å². The number of alkyl carbamates (subject to hydrolysis) is 1. The number of likely N-dealkylation sites (tertiary alicyclic amines) is 1. The van der Waals surface area contributed by atoms with Crippen molar-refractivity contribution in [3.63, 3.8) is 0 Å². The second-order valence-electron chi connectivity index (χ2n) is 13.4. The Balaban J connectivity index is 1.42. The van der Waals surface area contributed by atoms with E-state index in [0.29, 0.717) is 19.3 Å². The van der Waals surface area contributed by atoms with Crippen LogP contribution in [-0.2, 0) is 19.1 Å². The molecule has 1 aliphatic heterocycles. The number of hydrogen-bond acceptors (Lipinski definition) is 10. The highest BCUT2D eigenvalue weighted by Crippen LogP contribution is 2.37. The molecule has 1 fully saturated rings. The summed E-state index contributed by atoms with van der Waals surface area (Å²) in [5.74, 6) is -7.72. The van der Waals surface area contributed by atoms with Crippen LogP contribution < -0.4 is 5.32 Å². The molecule has 1 atom stereocenters. The highest BCUT2D eigenvalue weighted by molar-refractivity contribution is 6.40. The molecule has 1 aromatic rings. The first-order valence-corrected chi connectivity index (χ1v) is 14.8. The van der Waals surface area contributed by atoms with Gasteiger partial charge in [-0.3, -0.25) is 33.7 Å². The van der Waals surface area contributed by atoms with Crippen molar-refractivity contribution < 1.29 is 47.8 Å². The topological polar surface area (TPSA) is 170 Å². The molecule has 0 saturated carbocycles. The van der Waals surface area contributed by atoms with Crippen molar-refractivity contribution >= 4 is 46.9 Å². The summed E-state index contributed by atoms with van der Waals surface area (Å²) in [4.78, 5) is 105. The molecular formula is C32H38N2O10. The van der Waals surface area contributed by atoms with Gasteiger partial charge in [0.05, 0.1) is 6.04 Å². The van der Waals surface area contributed by atoms with Crippen molar-refractivity contribution in [3.8, 4) is 0 Å². The Kier molecular flexibility index (Phi) is 8.95. The number of rotatable bonds is 8. The van der Waals surface area contributed by atoms with Crippen LogP contribution in [0, 0.1) is 11.8 Å². The van der Waals surface area contributed by atoms with Crippen LogP contribution in [0.25, 0.3) is 0 Å². The third-order valence-corrected chi connectivity index (χ3v) is 7.60. The molecule has 1 N–H and O–H groups in total. The normalized spacial score (nSPS) is 18.9. The van der Waals surface area contributed by atoms with E-state index in [4.69, 9.17) is 9.47 Å². The van der Waals surface area contributed by atoms with E-state index in [0.717, 1.165) is 12.1 Å². The third kappa shape index (κ3) is 6.63. The van der Waals surface area contributed by atoms with Crippen LogP contribution in [0.15, 0.2) is 12.1 Å². The second-order valence-corrected chi connectivity index (χ2v) is 13.4. The summed E-state index contributed by atoms with van der Waals surface area (Å²) in [6.45, 7) is 10.7. The van der Waals surface area contributed by atoms with E-state index in [1.807, 2.05) is 0 Å². The van der Waals surface area contributed by atoms with Gasteiger partial charge in [-0.1, -0.05) is 0 Å². The van der Waals surface area contributed by atoms with Crippen molar-refractivity contribution in [2.24, 2.45) is 11.8 Å². The standard InChI is InChI=1S/C32H38N2O10/c1-31(2,3)43-29(41)33-12-8-7-11-21(35)22-24(36)16-14-18-19(15-17(16)25(22)37)27(39)23(26(18)38)28(40)20-10-9-13-34(20)30(42)44-32(4,5)6/h14-15,20,22-23H,7-13H2,1-6H3,(H,33,41). The van der Waals surface area contributed by atoms with Crippen LogP contribution in [0.1, 0.15) is 115 Å². The van der Waals surface area contributed by atoms with Gasteiger partial charge in [0.15, 0.2) is 34.7 Å². The number of hydrogen-bond donors (Lipinski definition) is 1. The Morgan fingerprint density at radius 1 is 0.773 bits per heavy atom. The summed E-state index contributed by atoms with van der Waals surface area (Å²) in [7, 11) is 0. The lowest BCUT2D eigenvalue weighted by atomic mass is 9.92. The number of fused-ring (bicyclic) bond motifs is 2. The molecule has 2 amide bonds. The van der Waals surface area contributed by atoms with Gasteiger partial charge in [0, 0.05) is 41.8 Å². The van der Waals surface area contributed by atoms with Crippen LogP contribution in [0.3, 0.4) is 0 Å². The van der Waals surface area contributed by atoms with Crippen molar-refractivity contribution in [1.82, 2.24) is 10.2 Å². The fourth-order valence-corrected chi connectivity index (χ4v) is 5.69. The van der Waals surface area contributed by atoms with Crippen LogP contribution >= 0.6 is 0 Å². The summed E-state index contributed by atoms with van der Waals surface area (Å²) in [6, 6.07) is 1.25. The number of nitrogens with zero attached hydrogens (tertiary/aromatic N) is 1. The molecular weight excluding hydrogens is 572 g/mol. The Morgan fingerprint density at radius 3 is 1.77 bits per heavy atom. The average molecular weight is 611 g/mol. The lowest BCUT2D eigenvalue weighted by Gasteiger charge is -2.28. The van der Waals surface area contributed by atoms with E-state index in [1.165, 1.54) is 4.90 Å². The van der Waals surface area contributed by atoms with E-state index < -0.39 is 76.0 Å². The van der Waals surface area contributed by atoms with Crippen molar-refractivity contribution in [2.75, 3.05) is 13.1 Å². The fourth-order valence-electron chi connectivity index (χ4n) is 5.69. The number of benzene rings is 1. The number of carbonyl (C=O) groups is 8. The molecule has 0 spiro atoms. The van der Waals surface area contributed by atoms with Gasteiger partial charge in [-0.05, 0) is 79.4 Å². The van der Waals surface area contributed by atoms with Gasteiger partial charge in [0.2, 0.25) is 0 Å². The van der Waals surface area contributed by atoms with Gasteiger partial charge in [-0.15, -0.1) is 0 Å². The molecule has 12 heteroatoms. The molecule has 3 aliphatic rings. The molecule has 0 radical (unpaired) electrons. The summed E-state index contributed by atoms with van der Waals surface area (Å²) < 4.78 is 10.5. The summed E-state index contributed by atoms with van der Waals surface area (Å²) >= 11 is 0. The van der Waals surface area contributed by atoms with E-state index in [1.54, 1.807) is 41.5 Å². The lowest BCUT2D eigenvalue weighted by molar-refractivity contribution is -0.124. The maximum absolute atomic E-state index is 13.5. The minimum Gasteiger partial charge on any atom is -0.444 e. The predicted molar refractivity (Wildman–Crippen MR) is 155 cm³/mol. The lowest BCUT2D eigenvalue weighted by Crippen LogP contribution is -2.47. The molecule has 4 rings (SSSR count). The summed E-state index contributed by atoms with van der Waals surface area (Å²) in [5.41, 5.74) is -2.04. The largest absolute Gasteiger partial charge is 0.444 e. The molecule has 44 heavy (non-hydrogen) atoms. The van der Waals surface area contributed by atoms with Gasteiger partial charge in [0.1, 0.15) is 23.0 Å². The van der Waals surface area contributed by atoms with Gasteiger partial charge in [-0.25, -0.2) is 9.59 Å². The SMILES string of the molecule is CC(C)(C)OC(=O)NCCCCC(=O)C1C(=O)c2cc3c(cc2C1=O)C(=O)C(C(=O)C1CCCN1C(=O)OC(C)(C)C)C3=O. The Labute approximate surface area is 255 Å². The van der Waals surface area contributed by atoms with Crippen LogP contribution in [0.4, 0.5) is 9.59 Å². The summed E-state index contributed by atoms with van der Waals surface area (Å²) in [5, 5.41) is 2.57. The third-order valence-electron chi connectivity index (χ3n) is 7.60. The highest BCUT2D eigenvalue weighted by atomic mass is 16.6. The smallest absolute Gasteiger partial charge is 0.410 e. The van der Waals surface area contributed by atoms with E-state index in [9.17, 15) is 38.4 Å². The Morgan fingerprint density at radius 2 is 1.27 bits per heavy atom. The zero-order chi connectivity index (χ0) is 32.7. The predicted octanol–water partition coefficient (Wildman–Crippen LogP) is 3.91. The number of ether oxygens (including phenoxy) is 2. The highest BCUT2D eigenvalue weighted by Gasteiger charge is 2.51. The quantitative estimate of drug-likeness (QED) is 0.336. The van der Waals surface area contributed by atoms with Crippen molar-refractivity contribution in [2.45, 2.75) is 90.9 Å². The minimum absolute atomic E-state index is 0.0875. The number of carbonyl (C=O) groups excluding carboxylic acids is 8. The van der Waals surface area contributed by atoms with E-state index >= 15 is 0 Å². The molecule has 0 aromatic heterocycles. The van der Waals surface area contributed by atoms with Crippen LogP contribution in [0.2, 0.25) is 0 Å². The Bertz CT molecular complexity index is 1410. The summed E-state index contributed by atoms with van der Waals surface area (Å²) in [6.07, 6.45) is 0.0757. The molecule has 1 saturated heterocycles. The monoisotopic (exact) mass is 610 g/mol. The van der Waals surface area contributed by atoms with E-state index in [2.05, 4.69) is 5.32 Å². The fraction of sp³-hybridized carbons (Fsp3) is 0.562. The number of amides is 2. The molecule has 2 aliphatic carbocycles. The number of unbranched alkanes of at least 4 members (excludes halogenated alkanes) is 1. The average Bonchev–Trinajstić information content (AvgIpc) is 3.55. The van der Waals surface area contributed by atoms with Gasteiger partial charge in [0.25, 0.3) is 0 Å². The minimum atomic E-state index is -1.70. The molecule has 12 nitrogen and oxygen atoms in total. The first-order valence-electron chi connectivity index (χ1n) is 14.8. The number of ketones is 6. The molecule has 1 heterocycles. The molecule has 1 aromatic carbocycles. The number of Topliss-reactive ketones (excluding diaryl/α,β-unsaturated/α-hetero) is 6. The maximum atomic E-state index is 13.5. The zero-order valence-electron chi connectivity index (χ0n) is 25.9. The number of nitrogens with one attached hydrogen (secondary N) is 1. The first-order chi connectivity index (χ1) is 20.4. The van der Waals surface area contributed by atoms with Crippen molar-refractivity contribution in [1.29, 1.82) is 0 Å². The zero-order valence-corrected chi connectivity index (χ0v) is 25.9. The van der Waals surface area contributed by atoms with E-state index in [-0.39, 0.29) is 48.2 Å². The van der Waals surface area contributed by atoms with Gasteiger partial charge >= 0.3 is 12.2 Å². The molecule has 1 unspecified atom stereocenters. The van der Waals surface area contributed by atoms with Crippen molar-refractivity contribution in [3.05, 3.63) is 34.4 Å². The van der Waals surface area contributed by atoms with Gasteiger partial charge < -0.3 is 14.8 Å².